The molecule has 3 rings (SSSR count). The van der Waals surface area contributed by atoms with Gasteiger partial charge in [-0.05, 0) is 49.4 Å². The van der Waals surface area contributed by atoms with Crippen LogP contribution < -0.4 is 10.1 Å². The van der Waals surface area contributed by atoms with Gasteiger partial charge < -0.3 is 10.1 Å². The van der Waals surface area contributed by atoms with E-state index < -0.39 is 0 Å². The van der Waals surface area contributed by atoms with Crippen molar-refractivity contribution in [2.75, 3.05) is 12.4 Å². The second-order valence-electron chi connectivity index (χ2n) is 5.50. The van der Waals surface area contributed by atoms with Gasteiger partial charge in [-0.15, -0.1) is 0 Å². The number of rotatable bonds is 4. The summed E-state index contributed by atoms with van der Waals surface area (Å²) in [6.45, 7) is 1.75. The van der Waals surface area contributed by atoms with Gasteiger partial charge in [0.15, 0.2) is 5.82 Å². The van der Waals surface area contributed by atoms with Crippen molar-refractivity contribution < 1.29 is 9.53 Å². The van der Waals surface area contributed by atoms with Crippen molar-refractivity contribution in [2.24, 2.45) is 0 Å². The van der Waals surface area contributed by atoms with Gasteiger partial charge in [0.05, 0.1) is 29.1 Å². The molecule has 0 aliphatic carbocycles. The molecule has 1 N–H and O–H groups in total. The first kappa shape index (κ1) is 18.2. The lowest BCUT2D eigenvalue weighted by atomic mass is 10.1. The van der Waals surface area contributed by atoms with Crippen LogP contribution in [0.1, 0.15) is 16.1 Å². The number of aromatic nitrogens is 2. The summed E-state index contributed by atoms with van der Waals surface area (Å²) in [5.74, 6) is 0.926. The first-order valence-electron chi connectivity index (χ1n) is 7.72. The molecule has 26 heavy (non-hydrogen) atoms. The van der Waals surface area contributed by atoms with E-state index in [2.05, 4.69) is 15.3 Å². The Morgan fingerprint density at radius 1 is 1.12 bits per heavy atom. The monoisotopic (exact) mass is 387 g/mol. The van der Waals surface area contributed by atoms with Gasteiger partial charge in [-0.2, -0.15) is 0 Å². The van der Waals surface area contributed by atoms with Gasteiger partial charge in [0.1, 0.15) is 5.75 Å². The van der Waals surface area contributed by atoms with Gasteiger partial charge in [0.25, 0.3) is 5.91 Å². The molecule has 0 saturated heterocycles. The van der Waals surface area contributed by atoms with Crippen LogP contribution in [-0.2, 0) is 0 Å². The van der Waals surface area contributed by atoms with Crippen molar-refractivity contribution in [1.82, 2.24) is 9.97 Å². The average molecular weight is 388 g/mol. The second-order valence-corrected chi connectivity index (χ2v) is 6.34. The third-order valence-electron chi connectivity index (χ3n) is 3.75. The van der Waals surface area contributed by atoms with E-state index in [1.54, 1.807) is 32.2 Å². The molecule has 1 aromatic heterocycles. The number of carbonyl (C=O) groups excluding carboxylic acids is 1. The molecule has 5 nitrogen and oxygen atoms in total. The molecule has 0 bridgehead atoms. The SMILES string of the molecule is COc1ccc(-c2ncc(C(=O)Nc3cc(Cl)ccc3Cl)c(C)n2)cc1. The number of hydrogen-bond acceptors (Lipinski definition) is 4. The van der Waals surface area contributed by atoms with Gasteiger partial charge in [-0.3, -0.25) is 4.79 Å². The molecule has 0 unspecified atom stereocenters. The number of methoxy groups -OCH3 is 1. The fourth-order valence-corrected chi connectivity index (χ4v) is 2.69. The molecular formula is C19H15Cl2N3O2. The molecule has 7 heteroatoms. The van der Waals surface area contributed by atoms with Gasteiger partial charge in [-0.1, -0.05) is 23.2 Å². The first-order chi connectivity index (χ1) is 12.5. The Hall–Kier alpha value is -2.63. The predicted molar refractivity (Wildman–Crippen MR) is 103 cm³/mol. The molecule has 1 heterocycles. The summed E-state index contributed by atoms with van der Waals surface area (Å²) in [5, 5.41) is 3.61. The molecule has 0 saturated carbocycles. The Morgan fingerprint density at radius 2 is 1.85 bits per heavy atom. The molecule has 1 amide bonds. The summed E-state index contributed by atoms with van der Waals surface area (Å²) in [6, 6.07) is 12.2. The summed E-state index contributed by atoms with van der Waals surface area (Å²) < 4.78 is 5.14. The number of carbonyl (C=O) groups is 1. The molecule has 0 atom stereocenters. The van der Waals surface area contributed by atoms with Crippen LogP contribution >= 0.6 is 23.2 Å². The Bertz CT molecular complexity index is 959. The standard InChI is InChI=1S/C19H15Cl2N3O2/c1-11-15(19(25)24-17-9-13(20)5-8-16(17)21)10-22-18(23-11)12-3-6-14(26-2)7-4-12/h3-10H,1-2H3,(H,24,25). The van der Waals surface area contributed by atoms with E-state index in [0.717, 1.165) is 11.3 Å². The van der Waals surface area contributed by atoms with Crippen LogP contribution in [0.5, 0.6) is 5.75 Å². The highest BCUT2D eigenvalue weighted by Crippen LogP contribution is 2.26. The highest BCUT2D eigenvalue weighted by atomic mass is 35.5. The summed E-state index contributed by atoms with van der Waals surface area (Å²) in [4.78, 5) is 21.2. The summed E-state index contributed by atoms with van der Waals surface area (Å²) in [6.07, 6.45) is 1.50. The van der Waals surface area contributed by atoms with Crippen LogP contribution in [0.3, 0.4) is 0 Å². The normalized spacial score (nSPS) is 10.5. The third kappa shape index (κ3) is 3.95. The van der Waals surface area contributed by atoms with Gasteiger partial charge in [0, 0.05) is 16.8 Å². The molecular weight excluding hydrogens is 373 g/mol. The Balaban J connectivity index is 1.84. The lowest BCUT2D eigenvalue weighted by Gasteiger charge is -2.10. The smallest absolute Gasteiger partial charge is 0.259 e. The molecule has 0 radical (unpaired) electrons. The topological polar surface area (TPSA) is 64.1 Å². The fraction of sp³-hybridized carbons (Fsp3) is 0.105. The van der Waals surface area contributed by atoms with E-state index in [0.29, 0.717) is 32.8 Å². The first-order valence-corrected chi connectivity index (χ1v) is 8.48. The van der Waals surface area contributed by atoms with Crippen molar-refractivity contribution in [2.45, 2.75) is 6.92 Å². The Labute approximate surface area is 161 Å². The van der Waals surface area contributed by atoms with Gasteiger partial charge in [-0.25, -0.2) is 9.97 Å². The molecule has 132 valence electrons. The van der Waals surface area contributed by atoms with E-state index in [4.69, 9.17) is 27.9 Å². The van der Waals surface area contributed by atoms with Crippen LogP contribution in [0.2, 0.25) is 10.0 Å². The minimum absolute atomic E-state index is 0.354. The third-order valence-corrected chi connectivity index (χ3v) is 4.31. The van der Waals surface area contributed by atoms with Crippen LogP contribution in [0.4, 0.5) is 5.69 Å². The maximum absolute atomic E-state index is 12.5. The van der Waals surface area contributed by atoms with Crippen molar-refractivity contribution in [3.8, 4) is 17.1 Å². The van der Waals surface area contributed by atoms with Crippen molar-refractivity contribution in [3.63, 3.8) is 0 Å². The lowest BCUT2D eigenvalue weighted by Crippen LogP contribution is -2.15. The molecule has 0 fully saturated rings. The van der Waals surface area contributed by atoms with E-state index in [9.17, 15) is 4.79 Å². The van der Waals surface area contributed by atoms with E-state index in [1.807, 2.05) is 24.3 Å². The highest BCUT2D eigenvalue weighted by molar-refractivity contribution is 6.35. The maximum atomic E-state index is 12.5. The van der Waals surface area contributed by atoms with Crippen molar-refractivity contribution in [1.29, 1.82) is 0 Å². The second kappa shape index (κ2) is 7.72. The van der Waals surface area contributed by atoms with E-state index in [-0.39, 0.29) is 5.91 Å². The largest absolute Gasteiger partial charge is 0.497 e. The van der Waals surface area contributed by atoms with Crippen LogP contribution in [-0.4, -0.2) is 23.0 Å². The minimum Gasteiger partial charge on any atom is -0.497 e. The number of nitrogens with zero attached hydrogens (tertiary/aromatic N) is 2. The quantitative estimate of drug-likeness (QED) is 0.682. The number of hydrogen-bond donors (Lipinski definition) is 1. The number of amides is 1. The zero-order valence-electron chi connectivity index (χ0n) is 14.1. The fourth-order valence-electron chi connectivity index (χ4n) is 2.35. The van der Waals surface area contributed by atoms with Gasteiger partial charge in [0.2, 0.25) is 0 Å². The summed E-state index contributed by atoms with van der Waals surface area (Å²) in [5.41, 5.74) is 2.18. The van der Waals surface area contributed by atoms with Crippen molar-refractivity contribution in [3.05, 3.63) is 70.0 Å². The van der Waals surface area contributed by atoms with Crippen LogP contribution in [0.15, 0.2) is 48.7 Å². The number of ether oxygens (including phenoxy) is 1. The lowest BCUT2D eigenvalue weighted by molar-refractivity contribution is 0.102. The van der Waals surface area contributed by atoms with Gasteiger partial charge >= 0.3 is 0 Å². The molecule has 3 aromatic rings. The maximum Gasteiger partial charge on any atom is 0.259 e. The zero-order chi connectivity index (χ0) is 18.7. The van der Waals surface area contributed by atoms with Crippen LogP contribution in [0.25, 0.3) is 11.4 Å². The number of nitrogens with one attached hydrogen (secondary N) is 1. The van der Waals surface area contributed by atoms with Crippen LogP contribution in [0, 0.1) is 6.92 Å². The number of halogens is 2. The number of aryl methyl sites for hydroxylation is 1. The minimum atomic E-state index is -0.354. The zero-order valence-corrected chi connectivity index (χ0v) is 15.6. The summed E-state index contributed by atoms with van der Waals surface area (Å²) >= 11 is 12.0. The summed E-state index contributed by atoms with van der Waals surface area (Å²) in [7, 11) is 1.61. The molecule has 0 spiro atoms. The van der Waals surface area contributed by atoms with E-state index >= 15 is 0 Å². The molecule has 2 aromatic carbocycles. The highest BCUT2D eigenvalue weighted by Gasteiger charge is 2.14. The molecule has 0 aliphatic heterocycles. The van der Waals surface area contributed by atoms with Crippen molar-refractivity contribution >= 4 is 34.8 Å². The Kier molecular flexibility index (Phi) is 5.40. The van der Waals surface area contributed by atoms with E-state index in [1.165, 1.54) is 6.20 Å². The molecule has 0 aliphatic rings. The average Bonchev–Trinajstić information content (AvgIpc) is 2.64. The number of anilines is 1. The predicted octanol–water partition coefficient (Wildman–Crippen LogP) is 5.02. The Morgan fingerprint density at radius 3 is 2.50 bits per heavy atom. The number of benzene rings is 2.